The zero-order valence-corrected chi connectivity index (χ0v) is 20.3. The highest BCUT2D eigenvalue weighted by Crippen LogP contribution is 2.19. The Balaban J connectivity index is 1.72. The van der Waals surface area contributed by atoms with E-state index in [4.69, 9.17) is 0 Å². The summed E-state index contributed by atoms with van der Waals surface area (Å²) in [6, 6.07) is 24.4. The molecule has 0 saturated carbocycles. The van der Waals surface area contributed by atoms with E-state index in [1.165, 1.54) is 9.87 Å². The number of sulfonamides is 1. The maximum Gasteiger partial charge on any atom is 0.243 e. The van der Waals surface area contributed by atoms with E-state index in [0.29, 0.717) is 0 Å². The van der Waals surface area contributed by atoms with Crippen molar-refractivity contribution in [2.45, 2.75) is 51.1 Å². The van der Waals surface area contributed by atoms with Crippen LogP contribution >= 0.6 is 0 Å². The van der Waals surface area contributed by atoms with Gasteiger partial charge < -0.3 is 5.32 Å². The molecule has 0 saturated heterocycles. The van der Waals surface area contributed by atoms with Crippen molar-refractivity contribution in [2.75, 3.05) is 6.54 Å². The first kappa shape index (κ1) is 24.7. The molecule has 0 radical (unpaired) electrons. The second kappa shape index (κ2) is 11.3. The molecule has 0 heterocycles. The van der Waals surface area contributed by atoms with Crippen LogP contribution in [0.1, 0.15) is 35.6 Å². The van der Waals surface area contributed by atoms with Crippen molar-refractivity contribution < 1.29 is 13.2 Å². The molecular formula is C27H32N2O3S. The Labute approximate surface area is 197 Å². The smallest absolute Gasteiger partial charge is 0.243 e. The van der Waals surface area contributed by atoms with E-state index in [0.717, 1.165) is 29.5 Å². The van der Waals surface area contributed by atoms with Crippen LogP contribution in [0.3, 0.4) is 0 Å². The molecule has 0 fully saturated rings. The maximum atomic E-state index is 13.4. The third-order valence-corrected chi connectivity index (χ3v) is 7.38. The number of hydrogen-bond donors (Lipinski definition) is 1. The topological polar surface area (TPSA) is 66.5 Å². The summed E-state index contributed by atoms with van der Waals surface area (Å²) in [5.74, 6) is -0.307. The van der Waals surface area contributed by atoms with Crippen LogP contribution < -0.4 is 5.32 Å². The van der Waals surface area contributed by atoms with E-state index in [1.807, 2.05) is 63.2 Å². The molecule has 6 heteroatoms. The van der Waals surface area contributed by atoms with Crippen molar-refractivity contribution in [3.05, 3.63) is 101 Å². The molecule has 0 spiro atoms. The van der Waals surface area contributed by atoms with Crippen LogP contribution in [0.4, 0.5) is 0 Å². The highest BCUT2D eigenvalue weighted by atomic mass is 32.2. The van der Waals surface area contributed by atoms with Gasteiger partial charge in [0.2, 0.25) is 15.9 Å². The molecule has 3 aromatic carbocycles. The predicted molar refractivity (Wildman–Crippen MR) is 132 cm³/mol. The fourth-order valence-electron chi connectivity index (χ4n) is 3.56. The van der Waals surface area contributed by atoms with Gasteiger partial charge in [-0.3, -0.25) is 4.79 Å². The van der Waals surface area contributed by atoms with Crippen molar-refractivity contribution in [1.29, 1.82) is 0 Å². The van der Waals surface area contributed by atoms with Gasteiger partial charge >= 0.3 is 0 Å². The molecule has 0 aliphatic heterocycles. The molecule has 174 valence electrons. The summed E-state index contributed by atoms with van der Waals surface area (Å²) in [5.41, 5.74) is 4.11. The fourth-order valence-corrected chi connectivity index (χ4v) is 4.95. The van der Waals surface area contributed by atoms with Crippen LogP contribution in [0.25, 0.3) is 0 Å². The number of nitrogens with one attached hydrogen (secondary N) is 1. The normalized spacial score (nSPS) is 12.5. The van der Waals surface area contributed by atoms with Gasteiger partial charge in [-0.05, 0) is 56.9 Å². The van der Waals surface area contributed by atoms with Crippen LogP contribution in [0.2, 0.25) is 0 Å². The number of aryl methyl sites for hydroxylation is 3. The second-order valence-electron chi connectivity index (χ2n) is 8.56. The number of benzene rings is 3. The molecule has 3 aromatic rings. The average molecular weight is 465 g/mol. The largest absolute Gasteiger partial charge is 0.352 e. The fraction of sp³-hybridized carbons (Fsp3) is 0.296. The second-order valence-corrected chi connectivity index (χ2v) is 10.5. The summed E-state index contributed by atoms with van der Waals surface area (Å²) in [6.07, 6.45) is 1.62. The van der Waals surface area contributed by atoms with Crippen LogP contribution in [0.15, 0.2) is 83.8 Å². The first-order valence-corrected chi connectivity index (χ1v) is 12.6. The minimum absolute atomic E-state index is 0.0685. The SMILES string of the molecule is Cc1ccc(CN(CC(=O)N[C@H](C)CCc2ccccc2)S(=O)(=O)c2ccc(C)cc2)cc1. The Morgan fingerprint density at radius 3 is 2.03 bits per heavy atom. The third-order valence-electron chi connectivity index (χ3n) is 5.57. The molecule has 5 nitrogen and oxygen atoms in total. The van der Waals surface area contributed by atoms with Crippen molar-refractivity contribution >= 4 is 15.9 Å². The van der Waals surface area contributed by atoms with Crippen LogP contribution in [0, 0.1) is 13.8 Å². The van der Waals surface area contributed by atoms with Crippen LogP contribution in [-0.2, 0) is 27.8 Å². The van der Waals surface area contributed by atoms with E-state index < -0.39 is 10.0 Å². The summed E-state index contributed by atoms with van der Waals surface area (Å²) in [6.45, 7) is 5.72. The Bertz CT molecular complexity index is 1140. The molecule has 0 aliphatic carbocycles. The number of hydrogen-bond acceptors (Lipinski definition) is 3. The molecular weight excluding hydrogens is 432 g/mol. The lowest BCUT2D eigenvalue weighted by Crippen LogP contribution is -2.43. The minimum atomic E-state index is -3.84. The van der Waals surface area contributed by atoms with Gasteiger partial charge in [-0.1, -0.05) is 77.9 Å². The van der Waals surface area contributed by atoms with Crippen LogP contribution in [-0.4, -0.2) is 31.2 Å². The van der Waals surface area contributed by atoms with Gasteiger partial charge in [0.25, 0.3) is 0 Å². The summed E-state index contributed by atoms with van der Waals surface area (Å²) in [7, 11) is -3.84. The van der Waals surface area contributed by atoms with E-state index in [-0.39, 0.29) is 29.9 Å². The van der Waals surface area contributed by atoms with Crippen molar-refractivity contribution in [3.8, 4) is 0 Å². The van der Waals surface area contributed by atoms with Gasteiger partial charge in [0.15, 0.2) is 0 Å². The Morgan fingerprint density at radius 1 is 0.848 bits per heavy atom. The lowest BCUT2D eigenvalue weighted by atomic mass is 10.1. The number of rotatable bonds is 10. The molecule has 1 atom stereocenters. The van der Waals surface area contributed by atoms with E-state index in [1.54, 1.807) is 24.3 Å². The molecule has 0 unspecified atom stereocenters. The van der Waals surface area contributed by atoms with E-state index >= 15 is 0 Å². The summed E-state index contributed by atoms with van der Waals surface area (Å²) in [4.78, 5) is 13.0. The first-order chi connectivity index (χ1) is 15.7. The molecule has 3 rings (SSSR count). The highest BCUT2D eigenvalue weighted by molar-refractivity contribution is 7.89. The van der Waals surface area contributed by atoms with Crippen molar-refractivity contribution in [2.24, 2.45) is 0 Å². The molecule has 0 aromatic heterocycles. The first-order valence-electron chi connectivity index (χ1n) is 11.2. The molecule has 33 heavy (non-hydrogen) atoms. The summed E-state index contributed by atoms with van der Waals surface area (Å²) >= 11 is 0. The lowest BCUT2D eigenvalue weighted by molar-refractivity contribution is -0.122. The van der Waals surface area contributed by atoms with E-state index in [9.17, 15) is 13.2 Å². The predicted octanol–water partition coefficient (Wildman–Crippen LogP) is 4.63. The van der Waals surface area contributed by atoms with E-state index in [2.05, 4.69) is 17.4 Å². The van der Waals surface area contributed by atoms with Gasteiger partial charge in [0.1, 0.15) is 0 Å². The maximum absolute atomic E-state index is 13.4. The molecule has 0 bridgehead atoms. The van der Waals surface area contributed by atoms with Crippen molar-refractivity contribution in [3.63, 3.8) is 0 Å². The minimum Gasteiger partial charge on any atom is -0.352 e. The number of amides is 1. The van der Waals surface area contributed by atoms with Crippen molar-refractivity contribution in [1.82, 2.24) is 9.62 Å². The van der Waals surface area contributed by atoms with Gasteiger partial charge in [-0.2, -0.15) is 4.31 Å². The Morgan fingerprint density at radius 2 is 1.42 bits per heavy atom. The average Bonchev–Trinajstić information content (AvgIpc) is 2.79. The molecule has 0 aliphatic rings. The van der Waals surface area contributed by atoms with Gasteiger partial charge in [0.05, 0.1) is 11.4 Å². The number of nitrogens with zero attached hydrogens (tertiary/aromatic N) is 1. The van der Waals surface area contributed by atoms with Gasteiger partial charge in [0, 0.05) is 12.6 Å². The molecule has 1 amide bonds. The lowest BCUT2D eigenvalue weighted by Gasteiger charge is -2.23. The van der Waals surface area contributed by atoms with Gasteiger partial charge in [-0.25, -0.2) is 8.42 Å². The highest BCUT2D eigenvalue weighted by Gasteiger charge is 2.27. The van der Waals surface area contributed by atoms with Crippen LogP contribution in [0.5, 0.6) is 0 Å². The Kier molecular flexibility index (Phi) is 8.42. The monoisotopic (exact) mass is 464 g/mol. The number of carbonyl (C=O) groups excluding carboxylic acids is 1. The molecule has 1 N–H and O–H groups in total. The quantitative estimate of drug-likeness (QED) is 0.476. The number of carbonyl (C=O) groups is 1. The Hall–Kier alpha value is -2.96. The zero-order valence-electron chi connectivity index (χ0n) is 19.5. The zero-order chi connectivity index (χ0) is 23.8. The van der Waals surface area contributed by atoms with Gasteiger partial charge in [-0.15, -0.1) is 0 Å². The summed E-state index contributed by atoms with van der Waals surface area (Å²) < 4.78 is 28.0. The standard InChI is InChI=1S/C27H32N2O3S/c1-21-9-14-25(15-10-21)19-29(33(31,32)26-17-11-22(2)12-18-26)20-27(30)28-23(3)13-16-24-7-5-4-6-8-24/h4-12,14-15,17-18,23H,13,16,19-20H2,1-3H3,(H,28,30)/t23-/m1/s1. The third kappa shape index (κ3) is 7.27. The summed E-state index contributed by atoms with van der Waals surface area (Å²) in [5, 5.41) is 2.96.